The van der Waals surface area contributed by atoms with Crippen LogP contribution in [-0.4, -0.2) is 215 Å². The minimum atomic E-state index is -3.08. The summed E-state index contributed by atoms with van der Waals surface area (Å²) in [5.74, 6) is -6.09. The average molecular weight is 1300 g/mol. The lowest BCUT2D eigenvalue weighted by Crippen LogP contribution is -2.70. The van der Waals surface area contributed by atoms with E-state index in [0.29, 0.717) is 19.3 Å². The number of rotatable bonds is 54. The van der Waals surface area contributed by atoms with Gasteiger partial charge in [0.15, 0.2) is 12.6 Å². The standard InChI is InChI=1S/C67H126N2O21/c1-4-6-8-10-12-14-16-17-18-19-20-21-22-23-24-25-26-27-28-29-31-33-35-37-39-41-54(77)69-48(49(74)40-38-36-34-32-30-15-13-11-9-7-5-2)46-85-64-59(81)58(80)61(53(45-72)87-64)88-65-60(82)63(57(79)52(44-71)86-65)90-67(66(83)84)42-50(75)55(68-47(3)73)62(89-67)56(78)51(76)43-70/h48-53,55-65,70-72,74-76,78-82H,4-46H2,1-3H3,(H,68,73)(H,69,77)(H,83,84). The third kappa shape index (κ3) is 30.6. The molecule has 3 aliphatic heterocycles. The van der Waals surface area contributed by atoms with Gasteiger partial charge in [0, 0.05) is 19.8 Å². The van der Waals surface area contributed by atoms with Crippen molar-refractivity contribution in [2.45, 2.75) is 381 Å². The van der Waals surface area contributed by atoms with E-state index in [-0.39, 0.29) is 18.9 Å². The number of aliphatic hydroxyl groups excluding tert-OH is 11. The molecule has 0 radical (unpaired) electrons. The van der Waals surface area contributed by atoms with Gasteiger partial charge in [-0.25, -0.2) is 4.79 Å². The summed E-state index contributed by atoms with van der Waals surface area (Å²) in [4.78, 5) is 38.5. The summed E-state index contributed by atoms with van der Waals surface area (Å²) in [7, 11) is 0. The third-order valence-corrected chi connectivity index (χ3v) is 18.3. The molecule has 3 aliphatic rings. The average Bonchev–Trinajstić information content (AvgIpc) is 0.857. The van der Waals surface area contributed by atoms with Crippen LogP contribution in [0.1, 0.15) is 271 Å². The number of aliphatic carboxylic acids is 1. The summed E-state index contributed by atoms with van der Waals surface area (Å²) in [6.45, 7) is 2.20. The lowest BCUT2D eigenvalue weighted by atomic mass is 9.88. The van der Waals surface area contributed by atoms with Gasteiger partial charge < -0.3 is 100 Å². The fourth-order valence-corrected chi connectivity index (χ4v) is 12.7. The Morgan fingerprint density at radius 3 is 1.39 bits per heavy atom. The molecule has 23 heteroatoms. The van der Waals surface area contributed by atoms with Crippen molar-refractivity contribution in [3.05, 3.63) is 0 Å². The molecule has 0 bridgehead atoms. The van der Waals surface area contributed by atoms with Crippen molar-refractivity contribution in [2.75, 3.05) is 26.4 Å². The van der Waals surface area contributed by atoms with Gasteiger partial charge in [0.25, 0.3) is 5.79 Å². The quantitative estimate of drug-likeness (QED) is 0.0288. The van der Waals surface area contributed by atoms with E-state index in [0.717, 1.165) is 51.9 Å². The first-order valence-corrected chi connectivity index (χ1v) is 35.4. The summed E-state index contributed by atoms with van der Waals surface area (Å²) in [5, 5.41) is 136. The number of hydrogen-bond donors (Lipinski definition) is 14. The number of ether oxygens (including phenoxy) is 6. The van der Waals surface area contributed by atoms with Gasteiger partial charge in [-0.3, -0.25) is 9.59 Å². The molecule has 3 saturated heterocycles. The zero-order valence-corrected chi connectivity index (χ0v) is 55.3. The maximum absolute atomic E-state index is 13.5. The molecular formula is C67H126N2O21. The Labute approximate surface area is 538 Å². The van der Waals surface area contributed by atoms with E-state index in [1.54, 1.807) is 0 Å². The molecule has 0 aromatic carbocycles. The second-order valence-corrected chi connectivity index (χ2v) is 26.1. The zero-order valence-electron chi connectivity index (χ0n) is 55.3. The van der Waals surface area contributed by atoms with Crippen LogP contribution in [0.3, 0.4) is 0 Å². The molecule has 530 valence electrons. The first-order chi connectivity index (χ1) is 43.4. The molecule has 18 unspecified atom stereocenters. The molecule has 14 N–H and O–H groups in total. The highest BCUT2D eigenvalue weighted by Crippen LogP contribution is 2.39. The van der Waals surface area contributed by atoms with E-state index in [9.17, 15) is 75.7 Å². The van der Waals surface area contributed by atoms with E-state index in [1.807, 2.05) is 0 Å². The highest BCUT2D eigenvalue weighted by Gasteiger charge is 2.60. The van der Waals surface area contributed by atoms with Crippen LogP contribution < -0.4 is 10.6 Å². The van der Waals surface area contributed by atoms with Crippen molar-refractivity contribution < 1.29 is 104 Å². The number of carbonyl (C=O) groups excluding carboxylic acids is 2. The SMILES string of the molecule is CCCCCCCCCCCCCCCCCCCCCCCCCCCC(=O)NC(COC1OC(CO)C(OC2OC(CO)C(O)C(OC3(C(=O)O)CC(O)C(NC(C)=O)C(C(O)C(O)CO)O3)C2O)C(O)C1O)C(O)CCCCCCCCCCCCC. The zero-order chi connectivity index (χ0) is 66.1. The summed E-state index contributed by atoms with van der Waals surface area (Å²) in [6.07, 6.45) is 15.6. The Kier molecular flexibility index (Phi) is 44.1. The van der Waals surface area contributed by atoms with Gasteiger partial charge in [-0.2, -0.15) is 0 Å². The second kappa shape index (κ2) is 48.4. The lowest BCUT2D eigenvalue weighted by Gasteiger charge is -2.50. The van der Waals surface area contributed by atoms with Gasteiger partial charge in [-0.1, -0.05) is 239 Å². The van der Waals surface area contributed by atoms with Gasteiger partial charge in [-0.15, -0.1) is 0 Å². The maximum atomic E-state index is 13.5. The molecule has 3 heterocycles. The van der Waals surface area contributed by atoms with E-state index < -0.39 is 148 Å². The van der Waals surface area contributed by atoms with Crippen LogP contribution in [0.2, 0.25) is 0 Å². The van der Waals surface area contributed by atoms with Crippen molar-refractivity contribution >= 4 is 17.8 Å². The van der Waals surface area contributed by atoms with Gasteiger partial charge >= 0.3 is 5.97 Å². The van der Waals surface area contributed by atoms with Crippen LogP contribution >= 0.6 is 0 Å². The molecule has 3 rings (SSSR count). The lowest BCUT2D eigenvalue weighted by molar-refractivity contribution is -0.386. The molecule has 2 amide bonds. The van der Waals surface area contributed by atoms with Crippen molar-refractivity contribution in [2.24, 2.45) is 0 Å². The molecule has 0 aromatic rings. The van der Waals surface area contributed by atoms with Crippen molar-refractivity contribution in [1.29, 1.82) is 0 Å². The Bertz CT molecular complexity index is 1830. The third-order valence-electron chi connectivity index (χ3n) is 18.3. The maximum Gasteiger partial charge on any atom is 0.364 e. The van der Waals surface area contributed by atoms with Crippen LogP contribution in [0.25, 0.3) is 0 Å². The predicted molar refractivity (Wildman–Crippen MR) is 339 cm³/mol. The number of carboxylic acids is 1. The minimum Gasteiger partial charge on any atom is -0.477 e. The van der Waals surface area contributed by atoms with Crippen LogP contribution in [-0.2, 0) is 42.8 Å². The highest BCUT2D eigenvalue weighted by molar-refractivity contribution is 5.77. The fourth-order valence-electron chi connectivity index (χ4n) is 12.7. The fraction of sp³-hybridized carbons (Fsp3) is 0.955. The molecule has 0 aliphatic carbocycles. The van der Waals surface area contributed by atoms with E-state index in [1.165, 1.54) is 173 Å². The summed E-state index contributed by atoms with van der Waals surface area (Å²) < 4.78 is 34.8. The number of carbonyl (C=O) groups is 3. The van der Waals surface area contributed by atoms with E-state index in [2.05, 4.69) is 24.5 Å². The van der Waals surface area contributed by atoms with Crippen molar-refractivity contribution in [1.82, 2.24) is 10.6 Å². The normalized spacial score (nSPS) is 28.5. The molecule has 3 fully saturated rings. The summed E-state index contributed by atoms with van der Waals surface area (Å²) in [6, 6.07) is -2.52. The minimum absolute atomic E-state index is 0.229. The number of amides is 2. The van der Waals surface area contributed by atoms with Crippen LogP contribution in [0.5, 0.6) is 0 Å². The van der Waals surface area contributed by atoms with Crippen molar-refractivity contribution in [3.8, 4) is 0 Å². The van der Waals surface area contributed by atoms with Crippen molar-refractivity contribution in [3.63, 3.8) is 0 Å². The Morgan fingerprint density at radius 1 is 0.533 bits per heavy atom. The number of unbranched alkanes of at least 4 members (excludes halogenated alkanes) is 34. The van der Waals surface area contributed by atoms with Gasteiger partial charge in [0.2, 0.25) is 11.8 Å². The first kappa shape index (κ1) is 82.0. The van der Waals surface area contributed by atoms with E-state index in [4.69, 9.17) is 28.4 Å². The number of nitrogens with one attached hydrogen (secondary N) is 2. The van der Waals surface area contributed by atoms with Gasteiger partial charge in [0.1, 0.15) is 67.1 Å². The second-order valence-electron chi connectivity index (χ2n) is 26.1. The topological polar surface area (TPSA) is 373 Å². The Balaban J connectivity index is 1.53. The summed E-state index contributed by atoms with van der Waals surface area (Å²) >= 11 is 0. The monoisotopic (exact) mass is 1290 g/mol. The number of aliphatic hydroxyl groups is 11. The Morgan fingerprint density at radius 2 is 0.967 bits per heavy atom. The molecule has 0 saturated carbocycles. The van der Waals surface area contributed by atoms with Gasteiger partial charge in [0.05, 0.1) is 50.7 Å². The molecule has 0 spiro atoms. The Hall–Kier alpha value is -2.27. The largest absolute Gasteiger partial charge is 0.477 e. The van der Waals surface area contributed by atoms with E-state index >= 15 is 0 Å². The van der Waals surface area contributed by atoms with Crippen LogP contribution in [0.15, 0.2) is 0 Å². The number of carboxylic acid groups (broad SMARTS) is 1. The molecule has 90 heavy (non-hydrogen) atoms. The molecular weight excluding hydrogens is 1170 g/mol. The highest BCUT2D eigenvalue weighted by atomic mass is 16.8. The number of hydrogen-bond acceptors (Lipinski definition) is 20. The molecule has 23 nitrogen and oxygen atoms in total. The first-order valence-electron chi connectivity index (χ1n) is 35.4. The predicted octanol–water partition coefficient (Wildman–Crippen LogP) is 6.51. The smallest absolute Gasteiger partial charge is 0.364 e. The van der Waals surface area contributed by atoms with Crippen LogP contribution in [0, 0.1) is 0 Å². The molecule has 0 aromatic heterocycles. The summed E-state index contributed by atoms with van der Waals surface area (Å²) in [5.41, 5.74) is 0. The molecule has 18 atom stereocenters. The van der Waals surface area contributed by atoms with Gasteiger partial charge in [-0.05, 0) is 12.8 Å². The van der Waals surface area contributed by atoms with Crippen LogP contribution in [0.4, 0.5) is 0 Å².